The van der Waals surface area contributed by atoms with Crippen LogP contribution in [0.4, 0.5) is 0 Å². The topological polar surface area (TPSA) is 54.9 Å². The molecule has 4 heteroatoms. The Bertz CT molecular complexity index is 1230. The fourth-order valence-corrected chi connectivity index (χ4v) is 3.59. The Morgan fingerprint density at radius 2 is 1.67 bits per heavy atom. The van der Waals surface area contributed by atoms with Crippen molar-refractivity contribution in [2.45, 2.75) is 33.7 Å². The zero-order chi connectivity index (χ0) is 21.3. The smallest absolute Gasteiger partial charge is 0.252 e. The van der Waals surface area contributed by atoms with Gasteiger partial charge < -0.3 is 5.32 Å². The number of hydrogen-bond acceptors (Lipinski definition) is 3. The number of carbonyl (C=O) groups is 1. The molecule has 4 nitrogen and oxygen atoms in total. The Labute approximate surface area is 177 Å². The van der Waals surface area contributed by atoms with Crippen molar-refractivity contribution in [1.29, 1.82) is 0 Å². The van der Waals surface area contributed by atoms with Crippen LogP contribution < -0.4 is 5.32 Å². The molecular formula is C26H25N3O. The molecule has 0 spiro atoms. The maximum atomic E-state index is 13.3. The number of hydrogen-bond donors (Lipinski definition) is 1. The molecular weight excluding hydrogens is 370 g/mol. The lowest BCUT2D eigenvalue weighted by Gasteiger charge is -2.17. The second-order valence-corrected chi connectivity index (χ2v) is 7.85. The molecule has 1 atom stereocenters. The fraction of sp³-hybridized carbons (Fsp3) is 0.192. The van der Waals surface area contributed by atoms with Gasteiger partial charge in [0, 0.05) is 23.3 Å². The van der Waals surface area contributed by atoms with Crippen molar-refractivity contribution in [3.05, 3.63) is 94.8 Å². The van der Waals surface area contributed by atoms with E-state index in [2.05, 4.69) is 42.3 Å². The van der Waals surface area contributed by atoms with Crippen molar-refractivity contribution >= 4 is 16.8 Å². The lowest BCUT2D eigenvalue weighted by Crippen LogP contribution is -2.27. The van der Waals surface area contributed by atoms with Gasteiger partial charge in [0.1, 0.15) is 0 Å². The monoisotopic (exact) mass is 395 g/mol. The highest BCUT2D eigenvalue weighted by Gasteiger charge is 2.17. The predicted octanol–water partition coefficient (Wildman–Crippen LogP) is 5.71. The normalized spacial score (nSPS) is 12.0. The van der Waals surface area contributed by atoms with E-state index >= 15 is 0 Å². The summed E-state index contributed by atoms with van der Waals surface area (Å²) >= 11 is 0. The number of rotatable bonds is 4. The number of fused-ring (bicyclic) bond motifs is 1. The van der Waals surface area contributed by atoms with E-state index in [9.17, 15) is 4.79 Å². The Morgan fingerprint density at radius 3 is 2.40 bits per heavy atom. The molecule has 2 aromatic carbocycles. The van der Waals surface area contributed by atoms with E-state index < -0.39 is 0 Å². The second-order valence-electron chi connectivity index (χ2n) is 7.85. The summed E-state index contributed by atoms with van der Waals surface area (Å²) < 4.78 is 0. The predicted molar refractivity (Wildman–Crippen MR) is 122 cm³/mol. The minimum absolute atomic E-state index is 0.103. The van der Waals surface area contributed by atoms with Gasteiger partial charge in [-0.15, -0.1) is 0 Å². The average Bonchev–Trinajstić information content (AvgIpc) is 2.75. The number of aromatic nitrogens is 2. The summed E-state index contributed by atoms with van der Waals surface area (Å²) in [5.74, 6) is -0.103. The average molecular weight is 396 g/mol. The van der Waals surface area contributed by atoms with Crippen LogP contribution >= 0.6 is 0 Å². The largest absolute Gasteiger partial charge is 0.345 e. The molecule has 0 unspecified atom stereocenters. The van der Waals surface area contributed by atoms with Gasteiger partial charge in [0.15, 0.2) is 0 Å². The van der Waals surface area contributed by atoms with Gasteiger partial charge in [0.05, 0.1) is 22.8 Å². The molecule has 0 radical (unpaired) electrons. The van der Waals surface area contributed by atoms with Crippen LogP contribution in [-0.2, 0) is 0 Å². The Balaban J connectivity index is 1.75. The van der Waals surface area contributed by atoms with Gasteiger partial charge in [0.25, 0.3) is 5.91 Å². The van der Waals surface area contributed by atoms with Gasteiger partial charge in [-0.25, -0.2) is 4.98 Å². The van der Waals surface area contributed by atoms with Crippen molar-refractivity contribution in [3.8, 4) is 11.3 Å². The van der Waals surface area contributed by atoms with Gasteiger partial charge in [-0.2, -0.15) is 0 Å². The molecule has 4 rings (SSSR count). The van der Waals surface area contributed by atoms with E-state index in [1.165, 1.54) is 11.1 Å². The highest BCUT2D eigenvalue weighted by atomic mass is 16.1. The molecule has 0 bridgehead atoms. The summed E-state index contributed by atoms with van der Waals surface area (Å²) in [7, 11) is 0. The number of benzene rings is 2. The quantitative estimate of drug-likeness (QED) is 0.481. The molecule has 2 aromatic heterocycles. The van der Waals surface area contributed by atoms with Crippen LogP contribution in [0.25, 0.3) is 22.2 Å². The first-order valence-corrected chi connectivity index (χ1v) is 10.1. The second kappa shape index (κ2) is 8.07. The minimum Gasteiger partial charge on any atom is -0.345 e. The van der Waals surface area contributed by atoms with Crippen molar-refractivity contribution in [3.63, 3.8) is 0 Å². The zero-order valence-electron chi connectivity index (χ0n) is 17.7. The highest BCUT2D eigenvalue weighted by Crippen LogP contribution is 2.26. The molecule has 0 saturated heterocycles. The van der Waals surface area contributed by atoms with Gasteiger partial charge in [-0.05, 0) is 74.7 Å². The first kappa shape index (κ1) is 19.8. The van der Waals surface area contributed by atoms with Gasteiger partial charge in [0.2, 0.25) is 0 Å². The molecule has 0 aliphatic heterocycles. The molecule has 150 valence electrons. The summed E-state index contributed by atoms with van der Waals surface area (Å²) in [5, 5.41) is 4.03. The van der Waals surface area contributed by atoms with E-state index in [0.717, 1.165) is 33.3 Å². The Hall–Kier alpha value is -3.53. The SMILES string of the molecule is Cc1ccc2nc(-c3ccncc3)cc(C(=O)N[C@H](C)c3ccc(C)c(C)c3)c2c1. The van der Waals surface area contributed by atoms with E-state index in [-0.39, 0.29) is 11.9 Å². The van der Waals surface area contributed by atoms with E-state index in [4.69, 9.17) is 4.98 Å². The molecule has 4 aromatic rings. The Morgan fingerprint density at radius 1 is 0.900 bits per heavy atom. The van der Waals surface area contributed by atoms with Crippen molar-refractivity contribution in [2.75, 3.05) is 0 Å². The number of amides is 1. The van der Waals surface area contributed by atoms with Crippen LogP contribution in [0.3, 0.4) is 0 Å². The molecule has 0 saturated carbocycles. The molecule has 0 aliphatic carbocycles. The van der Waals surface area contributed by atoms with Crippen molar-refractivity contribution < 1.29 is 4.79 Å². The van der Waals surface area contributed by atoms with Gasteiger partial charge >= 0.3 is 0 Å². The maximum Gasteiger partial charge on any atom is 0.252 e. The molecule has 1 N–H and O–H groups in total. The van der Waals surface area contributed by atoms with E-state index in [1.807, 2.05) is 50.2 Å². The summed E-state index contributed by atoms with van der Waals surface area (Å²) in [4.78, 5) is 22.2. The standard InChI is InChI=1S/C26H25N3O/c1-16-5-8-24-22(13-16)23(15-25(29-24)20-9-11-27-12-10-20)26(30)28-19(4)21-7-6-17(2)18(3)14-21/h5-15,19H,1-4H3,(H,28,30)/t19-/m1/s1. The summed E-state index contributed by atoms with van der Waals surface area (Å²) in [5.41, 5.74) is 7.78. The number of nitrogens with zero attached hydrogens (tertiary/aromatic N) is 2. The number of nitrogens with one attached hydrogen (secondary N) is 1. The molecule has 2 heterocycles. The third-order valence-electron chi connectivity index (χ3n) is 5.56. The highest BCUT2D eigenvalue weighted by molar-refractivity contribution is 6.07. The van der Waals surface area contributed by atoms with Crippen LogP contribution in [0.5, 0.6) is 0 Å². The summed E-state index contributed by atoms with van der Waals surface area (Å²) in [6, 6.07) is 17.9. The third-order valence-corrected chi connectivity index (χ3v) is 5.56. The number of pyridine rings is 2. The molecule has 0 aliphatic rings. The van der Waals surface area contributed by atoms with Gasteiger partial charge in [-0.1, -0.05) is 29.8 Å². The first-order chi connectivity index (χ1) is 14.4. The van der Waals surface area contributed by atoms with E-state index in [1.54, 1.807) is 12.4 Å². The molecule has 1 amide bonds. The fourth-order valence-electron chi connectivity index (χ4n) is 3.59. The lowest BCUT2D eigenvalue weighted by molar-refractivity contribution is 0.0941. The van der Waals surface area contributed by atoms with Crippen molar-refractivity contribution in [1.82, 2.24) is 15.3 Å². The van der Waals surface area contributed by atoms with Crippen molar-refractivity contribution in [2.24, 2.45) is 0 Å². The van der Waals surface area contributed by atoms with Crippen LogP contribution in [0, 0.1) is 20.8 Å². The third kappa shape index (κ3) is 3.94. The number of carbonyl (C=O) groups excluding carboxylic acids is 1. The van der Waals surface area contributed by atoms with E-state index in [0.29, 0.717) is 5.56 Å². The maximum absolute atomic E-state index is 13.3. The first-order valence-electron chi connectivity index (χ1n) is 10.1. The summed E-state index contributed by atoms with van der Waals surface area (Å²) in [6.45, 7) is 8.22. The van der Waals surface area contributed by atoms with Crippen LogP contribution in [-0.4, -0.2) is 15.9 Å². The van der Waals surface area contributed by atoms with Crippen LogP contribution in [0.2, 0.25) is 0 Å². The van der Waals surface area contributed by atoms with Crippen LogP contribution in [0.1, 0.15) is 45.6 Å². The van der Waals surface area contributed by atoms with Gasteiger partial charge in [-0.3, -0.25) is 9.78 Å². The molecule has 0 fully saturated rings. The molecule has 30 heavy (non-hydrogen) atoms. The Kier molecular flexibility index (Phi) is 5.32. The lowest BCUT2D eigenvalue weighted by atomic mass is 10.00. The van der Waals surface area contributed by atoms with Crippen LogP contribution in [0.15, 0.2) is 67.0 Å². The minimum atomic E-state index is -0.103. The number of aryl methyl sites for hydroxylation is 3. The zero-order valence-corrected chi connectivity index (χ0v) is 17.7. The summed E-state index contributed by atoms with van der Waals surface area (Å²) in [6.07, 6.45) is 3.47.